The molecule has 130 valence electrons. The minimum atomic E-state index is 0.0175. The summed E-state index contributed by atoms with van der Waals surface area (Å²) in [5.41, 5.74) is 2.82. The number of carbonyl (C=O) groups is 2. The van der Waals surface area contributed by atoms with E-state index in [1.807, 2.05) is 32.0 Å². The molecule has 2 bridgehead atoms. The normalized spacial score (nSPS) is 26.4. The molecule has 24 heavy (non-hydrogen) atoms. The summed E-state index contributed by atoms with van der Waals surface area (Å²) < 4.78 is 0. The Bertz CT molecular complexity index is 637. The zero-order valence-corrected chi connectivity index (χ0v) is 15.1. The minimum absolute atomic E-state index is 0.0175. The van der Waals surface area contributed by atoms with Crippen molar-refractivity contribution in [1.82, 2.24) is 5.32 Å². The van der Waals surface area contributed by atoms with Crippen LogP contribution < -0.4 is 5.32 Å². The fraction of sp³-hybridized carbons (Fsp3) is 0.619. The molecule has 1 aromatic rings. The Morgan fingerprint density at radius 1 is 1.17 bits per heavy atom. The zero-order chi connectivity index (χ0) is 17.3. The molecule has 0 radical (unpaired) electrons. The Hall–Kier alpha value is -1.64. The predicted octanol–water partition coefficient (Wildman–Crippen LogP) is 4.21. The molecule has 4 unspecified atom stereocenters. The average Bonchev–Trinajstić information content (AvgIpc) is 3.18. The molecule has 0 aromatic heterocycles. The summed E-state index contributed by atoms with van der Waals surface area (Å²) in [4.78, 5) is 24.6. The summed E-state index contributed by atoms with van der Waals surface area (Å²) in [7, 11) is 0. The quantitative estimate of drug-likeness (QED) is 0.796. The van der Waals surface area contributed by atoms with E-state index in [1.54, 1.807) is 0 Å². The number of aryl methyl sites for hydroxylation is 2. The van der Waals surface area contributed by atoms with Crippen molar-refractivity contribution >= 4 is 11.7 Å². The molecule has 0 spiro atoms. The topological polar surface area (TPSA) is 46.2 Å². The first-order valence-electron chi connectivity index (χ1n) is 9.34. The summed E-state index contributed by atoms with van der Waals surface area (Å²) in [6, 6.07) is 6.15. The van der Waals surface area contributed by atoms with Crippen molar-refractivity contribution in [2.45, 2.75) is 65.3 Å². The lowest BCUT2D eigenvalue weighted by atomic mass is 9.84. The number of benzene rings is 1. The van der Waals surface area contributed by atoms with Crippen LogP contribution in [-0.2, 0) is 4.79 Å². The number of Topliss-reactive ketones (excluding diaryl/α,β-unsaturated/α-hetero) is 1. The van der Waals surface area contributed by atoms with Gasteiger partial charge in [-0.1, -0.05) is 24.1 Å². The van der Waals surface area contributed by atoms with Crippen LogP contribution in [-0.4, -0.2) is 17.7 Å². The van der Waals surface area contributed by atoms with Crippen LogP contribution >= 0.6 is 0 Å². The van der Waals surface area contributed by atoms with Crippen LogP contribution in [0.2, 0.25) is 0 Å². The smallest absolute Gasteiger partial charge is 0.220 e. The second-order valence-corrected chi connectivity index (χ2v) is 7.94. The van der Waals surface area contributed by atoms with Crippen LogP contribution in [0.25, 0.3) is 0 Å². The van der Waals surface area contributed by atoms with Gasteiger partial charge in [0.1, 0.15) is 0 Å². The second-order valence-electron chi connectivity index (χ2n) is 7.94. The molecule has 2 aliphatic carbocycles. The van der Waals surface area contributed by atoms with Gasteiger partial charge in [-0.15, -0.1) is 0 Å². The van der Waals surface area contributed by atoms with E-state index < -0.39 is 0 Å². The molecule has 3 heteroatoms. The molecule has 3 nitrogen and oxygen atoms in total. The van der Waals surface area contributed by atoms with Gasteiger partial charge in [0.15, 0.2) is 5.78 Å². The maximum Gasteiger partial charge on any atom is 0.220 e. The zero-order valence-electron chi connectivity index (χ0n) is 15.1. The summed E-state index contributed by atoms with van der Waals surface area (Å²) in [6.45, 7) is 6.07. The molecule has 0 heterocycles. The average molecular weight is 327 g/mol. The first-order chi connectivity index (χ1) is 11.4. The maximum absolute atomic E-state index is 12.4. The van der Waals surface area contributed by atoms with E-state index in [1.165, 1.54) is 25.7 Å². The molecule has 2 aliphatic rings. The Morgan fingerprint density at radius 2 is 1.96 bits per heavy atom. The van der Waals surface area contributed by atoms with Crippen LogP contribution in [0.3, 0.4) is 0 Å². The summed E-state index contributed by atoms with van der Waals surface area (Å²) >= 11 is 0. The monoisotopic (exact) mass is 327 g/mol. The summed E-state index contributed by atoms with van der Waals surface area (Å²) in [6.07, 6.45) is 5.92. The van der Waals surface area contributed by atoms with Gasteiger partial charge in [0, 0.05) is 24.4 Å². The molecular formula is C21H29NO2. The van der Waals surface area contributed by atoms with Crippen LogP contribution in [0, 0.1) is 31.6 Å². The highest BCUT2D eigenvalue weighted by atomic mass is 16.2. The largest absolute Gasteiger partial charge is 0.353 e. The lowest BCUT2D eigenvalue weighted by Gasteiger charge is -2.28. The fourth-order valence-corrected chi connectivity index (χ4v) is 4.74. The lowest BCUT2D eigenvalue weighted by molar-refractivity contribution is -0.122. The summed E-state index contributed by atoms with van der Waals surface area (Å²) in [5, 5.41) is 3.15. The first-order valence-corrected chi connectivity index (χ1v) is 9.34. The molecular weight excluding hydrogens is 298 g/mol. The third-order valence-electron chi connectivity index (χ3n) is 6.10. The van der Waals surface area contributed by atoms with Crippen LogP contribution in [0.4, 0.5) is 0 Å². The summed E-state index contributed by atoms with van der Waals surface area (Å²) in [5.74, 6) is 2.43. The van der Waals surface area contributed by atoms with Crippen LogP contribution in [0.1, 0.15) is 66.9 Å². The molecule has 1 N–H and O–H groups in total. The number of hydrogen-bond acceptors (Lipinski definition) is 2. The van der Waals surface area contributed by atoms with Gasteiger partial charge in [-0.25, -0.2) is 0 Å². The number of ketones is 1. The minimum Gasteiger partial charge on any atom is -0.353 e. The molecule has 1 amide bonds. The van der Waals surface area contributed by atoms with Crippen molar-refractivity contribution in [2.75, 3.05) is 0 Å². The Morgan fingerprint density at radius 3 is 2.62 bits per heavy atom. The molecule has 3 rings (SSSR count). The standard InChI is InChI=1S/C21H29NO2/c1-13-4-5-14(2)18(10-13)20(23)8-9-21(24)22-15(3)19-12-16-6-7-17(19)11-16/h4-5,10,15-17,19H,6-9,11-12H2,1-3H3,(H,22,24). The van der Waals surface area contributed by atoms with E-state index in [4.69, 9.17) is 0 Å². The van der Waals surface area contributed by atoms with Crippen molar-refractivity contribution < 1.29 is 9.59 Å². The highest BCUT2D eigenvalue weighted by Gasteiger charge is 2.42. The number of nitrogens with one attached hydrogen (secondary N) is 1. The predicted molar refractivity (Wildman–Crippen MR) is 96.0 cm³/mol. The van der Waals surface area contributed by atoms with Crippen molar-refractivity contribution in [3.63, 3.8) is 0 Å². The highest BCUT2D eigenvalue weighted by Crippen LogP contribution is 2.49. The Kier molecular flexibility index (Phi) is 5.07. The fourth-order valence-electron chi connectivity index (χ4n) is 4.74. The van der Waals surface area contributed by atoms with Gasteiger partial charge in [0.05, 0.1) is 0 Å². The third-order valence-corrected chi connectivity index (χ3v) is 6.10. The molecule has 2 fully saturated rings. The second kappa shape index (κ2) is 7.08. The number of fused-ring (bicyclic) bond motifs is 2. The van der Waals surface area contributed by atoms with E-state index in [0.29, 0.717) is 12.3 Å². The highest BCUT2D eigenvalue weighted by molar-refractivity contribution is 5.99. The van der Waals surface area contributed by atoms with Gasteiger partial charge in [-0.2, -0.15) is 0 Å². The van der Waals surface area contributed by atoms with E-state index in [0.717, 1.165) is 28.5 Å². The molecule has 0 saturated heterocycles. The number of hydrogen-bond donors (Lipinski definition) is 1. The van der Waals surface area contributed by atoms with Gasteiger partial charge >= 0.3 is 0 Å². The van der Waals surface area contributed by atoms with E-state index in [-0.39, 0.29) is 24.2 Å². The van der Waals surface area contributed by atoms with Crippen molar-refractivity contribution in [2.24, 2.45) is 17.8 Å². The van der Waals surface area contributed by atoms with Gasteiger partial charge in [0.25, 0.3) is 0 Å². The Balaban J connectivity index is 1.48. The van der Waals surface area contributed by atoms with Gasteiger partial charge in [0.2, 0.25) is 5.91 Å². The first kappa shape index (κ1) is 17.2. The van der Waals surface area contributed by atoms with Crippen molar-refractivity contribution in [1.29, 1.82) is 0 Å². The third kappa shape index (κ3) is 3.71. The van der Waals surface area contributed by atoms with E-state index in [2.05, 4.69) is 12.2 Å². The molecule has 0 aliphatic heterocycles. The van der Waals surface area contributed by atoms with Crippen molar-refractivity contribution in [3.8, 4) is 0 Å². The SMILES string of the molecule is Cc1ccc(C)c(C(=O)CCC(=O)NC(C)C2CC3CCC2C3)c1. The number of amides is 1. The molecule has 4 atom stereocenters. The number of rotatable bonds is 6. The van der Waals surface area contributed by atoms with E-state index >= 15 is 0 Å². The van der Waals surface area contributed by atoms with Gasteiger partial charge < -0.3 is 5.32 Å². The van der Waals surface area contributed by atoms with Gasteiger partial charge in [-0.05, 0) is 69.4 Å². The molecule has 2 saturated carbocycles. The Labute approximate surface area is 145 Å². The maximum atomic E-state index is 12.4. The van der Waals surface area contributed by atoms with Gasteiger partial charge in [-0.3, -0.25) is 9.59 Å². The lowest BCUT2D eigenvalue weighted by Crippen LogP contribution is -2.40. The molecule has 1 aromatic carbocycles. The van der Waals surface area contributed by atoms with E-state index in [9.17, 15) is 9.59 Å². The van der Waals surface area contributed by atoms with Crippen LogP contribution in [0.15, 0.2) is 18.2 Å². The van der Waals surface area contributed by atoms with Crippen LogP contribution in [0.5, 0.6) is 0 Å². The number of carbonyl (C=O) groups excluding carboxylic acids is 2. The van der Waals surface area contributed by atoms with Crippen molar-refractivity contribution in [3.05, 3.63) is 34.9 Å².